The minimum absolute atomic E-state index is 0.0741. The Hall–Kier alpha value is -0.980. The minimum Gasteiger partial charge on any atom is -0.490 e. The van der Waals surface area contributed by atoms with Gasteiger partial charge in [-0.2, -0.15) is 8.42 Å². The van der Waals surface area contributed by atoms with Crippen molar-refractivity contribution in [2.75, 3.05) is 7.11 Å². The SMILES string of the molecule is CCCC(=S)OC.O=S(=O)(O)c1ccccc1. The van der Waals surface area contributed by atoms with Crippen LogP contribution in [0.15, 0.2) is 35.2 Å². The standard InChI is InChI=1S/C6H6O3S.C5H10OS/c7-10(8,9)6-4-2-1-3-5-6;1-3-4-5(7)6-2/h1-5H,(H,7,8,9);3-4H2,1-2H3. The molecule has 1 aromatic rings. The second-order valence-corrected chi connectivity index (χ2v) is 4.99. The van der Waals surface area contributed by atoms with E-state index in [-0.39, 0.29) is 4.90 Å². The summed E-state index contributed by atoms with van der Waals surface area (Å²) in [7, 11) is -2.39. The van der Waals surface area contributed by atoms with Crippen LogP contribution < -0.4 is 0 Å². The Kier molecular flexibility index (Phi) is 7.69. The Morgan fingerprint density at radius 1 is 1.35 bits per heavy atom. The van der Waals surface area contributed by atoms with Gasteiger partial charge >= 0.3 is 0 Å². The summed E-state index contributed by atoms with van der Waals surface area (Å²) in [5, 5.41) is 0.711. The molecular formula is C11H16O4S2. The Morgan fingerprint density at radius 2 is 1.88 bits per heavy atom. The lowest BCUT2D eigenvalue weighted by Gasteiger charge is -1.95. The van der Waals surface area contributed by atoms with Crippen LogP contribution in [-0.4, -0.2) is 25.1 Å². The van der Waals surface area contributed by atoms with E-state index < -0.39 is 10.1 Å². The van der Waals surface area contributed by atoms with E-state index in [2.05, 4.69) is 6.92 Å². The van der Waals surface area contributed by atoms with Gasteiger partial charge in [-0.05, 0) is 30.8 Å². The third-order valence-corrected chi connectivity index (χ3v) is 2.96. The van der Waals surface area contributed by atoms with Crippen molar-refractivity contribution in [3.05, 3.63) is 30.3 Å². The summed E-state index contributed by atoms with van der Waals surface area (Å²) in [6, 6.07) is 7.42. The third kappa shape index (κ3) is 7.84. The highest BCUT2D eigenvalue weighted by atomic mass is 32.2. The average Bonchev–Trinajstić information content (AvgIpc) is 2.30. The van der Waals surface area contributed by atoms with Crippen LogP contribution in [0.1, 0.15) is 19.8 Å². The van der Waals surface area contributed by atoms with Crippen molar-refractivity contribution in [3.8, 4) is 0 Å². The fourth-order valence-corrected chi connectivity index (χ4v) is 1.60. The van der Waals surface area contributed by atoms with Crippen molar-refractivity contribution in [2.45, 2.75) is 24.7 Å². The topological polar surface area (TPSA) is 63.6 Å². The summed E-state index contributed by atoms with van der Waals surface area (Å²) in [6.45, 7) is 2.07. The number of ether oxygens (including phenoxy) is 1. The van der Waals surface area contributed by atoms with Gasteiger partial charge in [0.15, 0.2) is 5.05 Å². The molecule has 1 aromatic carbocycles. The number of thiocarbonyl (C=S) groups is 1. The largest absolute Gasteiger partial charge is 0.490 e. The second kappa shape index (κ2) is 8.16. The van der Waals surface area contributed by atoms with Gasteiger partial charge in [0.05, 0.1) is 12.0 Å². The first kappa shape index (κ1) is 16.0. The van der Waals surface area contributed by atoms with Gasteiger partial charge in [-0.1, -0.05) is 25.1 Å². The molecule has 1 N–H and O–H groups in total. The van der Waals surface area contributed by atoms with E-state index >= 15 is 0 Å². The van der Waals surface area contributed by atoms with E-state index in [0.29, 0.717) is 5.05 Å². The Balaban J connectivity index is 0.000000325. The van der Waals surface area contributed by atoms with Crippen molar-refractivity contribution in [3.63, 3.8) is 0 Å². The Labute approximate surface area is 107 Å². The Morgan fingerprint density at radius 3 is 2.12 bits per heavy atom. The first-order valence-corrected chi connectivity index (χ1v) is 6.86. The lowest BCUT2D eigenvalue weighted by Crippen LogP contribution is -1.96. The molecule has 17 heavy (non-hydrogen) atoms. The zero-order valence-corrected chi connectivity index (χ0v) is 11.4. The molecule has 0 saturated heterocycles. The number of benzene rings is 1. The molecule has 0 aliphatic heterocycles. The van der Waals surface area contributed by atoms with Crippen LogP contribution in [0.4, 0.5) is 0 Å². The molecule has 0 saturated carbocycles. The molecule has 0 fully saturated rings. The summed E-state index contributed by atoms with van der Waals surface area (Å²) in [5.74, 6) is 0. The van der Waals surface area contributed by atoms with Crippen molar-refractivity contribution in [2.24, 2.45) is 0 Å². The van der Waals surface area contributed by atoms with Gasteiger partial charge in [-0.3, -0.25) is 4.55 Å². The lowest BCUT2D eigenvalue weighted by atomic mass is 10.4. The molecule has 0 heterocycles. The molecule has 0 spiro atoms. The molecule has 0 aliphatic rings. The van der Waals surface area contributed by atoms with Crippen molar-refractivity contribution in [1.82, 2.24) is 0 Å². The molecular weight excluding hydrogens is 260 g/mol. The second-order valence-electron chi connectivity index (χ2n) is 3.11. The van der Waals surface area contributed by atoms with Gasteiger partial charge in [0, 0.05) is 6.42 Å². The highest BCUT2D eigenvalue weighted by Crippen LogP contribution is 2.05. The van der Waals surface area contributed by atoms with E-state index in [0.717, 1.165) is 12.8 Å². The van der Waals surface area contributed by atoms with Crippen LogP contribution in [0.2, 0.25) is 0 Å². The van der Waals surface area contributed by atoms with E-state index in [4.69, 9.17) is 21.5 Å². The molecule has 6 heteroatoms. The molecule has 0 aromatic heterocycles. The van der Waals surface area contributed by atoms with Crippen molar-refractivity contribution < 1.29 is 17.7 Å². The first-order chi connectivity index (χ1) is 7.91. The number of hydrogen-bond acceptors (Lipinski definition) is 4. The number of hydrogen-bond donors (Lipinski definition) is 1. The van der Waals surface area contributed by atoms with E-state index in [1.807, 2.05) is 0 Å². The number of methoxy groups -OCH3 is 1. The summed E-state index contributed by atoms with van der Waals surface area (Å²) in [4.78, 5) is -0.0741. The molecule has 4 nitrogen and oxygen atoms in total. The highest BCUT2D eigenvalue weighted by Gasteiger charge is 2.05. The van der Waals surface area contributed by atoms with Crippen molar-refractivity contribution >= 4 is 27.4 Å². The molecule has 0 aliphatic carbocycles. The third-order valence-electron chi connectivity index (χ3n) is 1.72. The predicted molar refractivity (Wildman–Crippen MR) is 70.8 cm³/mol. The van der Waals surface area contributed by atoms with Crippen LogP contribution in [0.25, 0.3) is 0 Å². The normalized spacial score (nSPS) is 10.1. The van der Waals surface area contributed by atoms with Crippen LogP contribution in [-0.2, 0) is 14.9 Å². The summed E-state index contributed by atoms with van der Waals surface area (Å²) < 4.78 is 34.0. The van der Waals surface area contributed by atoms with Crippen LogP contribution in [0.3, 0.4) is 0 Å². The summed E-state index contributed by atoms with van der Waals surface area (Å²) in [5.41, 5.74) is 0. The molecule has 1 rings (SSSR count). The van der Waals surface area contributed by atoms with Gasteiger partial charge in [-0.15, -0.1) is 0 Å². The zero-order valence-electron chi connectivity index (χ0n) is 9.79. The molecule has 0 radical (unpaired) electrons. The maximum absolute atomic E-state index is 10.4. The smallest absolute Gasteiger partial charge is 0.294 e. The monoisotopic (exact) mass is 276 g/mol. The van der Waals surface area contributed by atoms with Crippen molar-refractivity contribution in [1.29, 1.82) is 0 Å². The van der Waals surface area contributed by atoms with E-state index in [1.54, 1.807) is 25.3 Å². The molecule has 0 atom stereocenters. The number of rotatable bonds is 3. The fraction of sp³-hybridized carbons (Fsp3) is 0.364. The van der Waals surface area contributed by atoms with Gasteiger partial charge in [-0.25, -0.2) is 0 Å². The predicted octanol–water partition coefficient (Wildman–Crippen LogP) is 2.69. The van der Waals surface area contributed by atoms with Crippen LogP contribution >= 0.6 is 12.2 Å². The molecule has 96 valence electrons. The molecule has 0 amide bonds. The summed E-state index contributed by atoms with van der Waals surface area (Å²) in [6.07, 6.45) is 1.98. The lowest BCUT2D eigenvalue weighted by molar-refractivity contribution is 0.401. The highest BCUT2D eigenvalue weighted by molar-refractivity contribution is 7.85. The van der Waals surface area contributed by atoms with Gasteiger partial charge in [0.25, 0.3) is 10.1 Å². The summed E-state index contributed by atoms with van der Waals surface area (Å²) >= 11 is 4.73. The van der Waals surface area contributed by atoms with Gasteiger partial charge in [0.2, 0.25) is 0 Å². The first-order valence-electron chi connectivity index (χ1n) is 5.01. The quantitative estimate of drug-likeness (QED) is 0.679. The van der Waals surface area contributed by atoms with Crippen LogP contribution in [0, 0.1) is 0 Å². The fourth-order valence-electron chi connectivity index (χ4n) is 0.899. The zero-order chi connectivity index (χ0) is 13.3. The maximum atomic E-state index is 10.4. The Bertz CT molecular complexity index is 426. The molecule has 0 bridgehead atoms. The van der Waals surface area contributed by atoms with E-state index in [1.165, 1.54) is 12.1 Å². The maximum Gasteiger partial charge on any atom is 0.294 e. The van der Waals surface area contributed by atoms with E-state index in [9.17, 15) is 8.42 Å². The minimum atomic E-state index is -4.00. The van der Waals surface area contributed by atoms with Crippen LogP contribution in [0.5, 0.6) is 0 Å². The molecule has 0 unspecified atom stereocenters. The van der Waals surface area contributed by atoms with Gasteiger partial charge in [0.1, 0.15) is 0 Å². The average molecular weight is 276 g/mol. The van der Waals surface area contributed by atoms with Gasteiger partial charge < -0.3 is 4.74 Å².